The Hall–Kier alpha value is -1.55. The van der Waals surface area contributed by atoms with Crippen LogP contribution in [0.3, 0.4) is 0 Å². The number of nitrogens with one attached hydrogen (secondary N) is 1. The molecule has 1 fully saturated rings. The second-order valence-electron chi connectivity index (χ2n) is 5.32. The molecular formula is C15H21NO7. The fourth-order valence-corrected chi connectivity index (χ4v) is 2.39. The lowest BCUT2D eigenvalue weighted by atomic mass is 9.95. The van der Waals surface area contributed by atoms with Gasteiger partial charge in [-0.15, -0.1) is 0 Å². The normalized spacial score (nSPS) is 32.3. The fraction of sp³-hybridized carbons (Fsp3) is 0.533. The van der Waals surface area contributed by atoms with E-state index in [1.807, 2.05) is 0 Å². The highest BCUT2D eigenvalue weighted by atomic mass is 16.7. The number of benzene rings is 1. The van der Waals surface area contributed by atoms with Gasteiger partial charge in [-0.3, -0.25) is 4.79 Å². The lowest BCUT2D eigenvalue weighted by molar-refractivity contribution is -0.303. The van der Waals surface area contributed by atoms with E-state index in [4.69, 9.17) is 9.47 Å². The van der Waals surface area contributed by atoms with Crippen LogP contribution in [0.2, 0.25) is 0 Å². The zero-order valence-electron chi connectivity index (χ0n) is 12.6. The Balaban J connectivity index is 1.94. The molecule has 0 radical (unpaired) electrons. The van der Waals surface area contributed by atoms with Crippen LogP contribution in [0.1, 0.15) is 10.4 Å². The number of aliphatic hydroxyl groups is 4. The van der Waals surface area contributed by atoms with Gasteiger partial charge in [0.05, 0.1) is 0 Å². The maximum absolute atomic E-state index is 11.9. The second kappa shape index (κ2) is 7.82. The molecule has 23 heavy (non-hydrogen) atoms. The molecule has 1 aliphatic heterocycles. The molecule has 128 valence electrons. The molecule has 8 nitrogen and oxygen atoms in total. The summed E-state index contributed by atoms with van der Waals surface area (Å²) in [5.41, 5.74) is 0.426. The number of rotatable bonds is 5. The number of carbonyl (C=O) groups is 1. The predicted molar refractivity (Wildman–Crippen MR) is 78.5 cm³/mol. The van der Waals surface area contributed by atoms with Gasteiger partial charge >= 0.3 is 0 Å². The average Bonchev–Trinajstić information content (AvgIpc) is 2.58. The Morgan fingerprint density at radius 2 is 1.87 bits per heavy atom. The maximum Gasteiger partial charge on any atom is 0.251 e. The van der Waals surface area contributed by atoms with Crippen LogP contribution in [0, 0.1) is 0 Å². The summed E-state index contributed by atoms with van der Waals surface area (Å²) in [6, 6.07) is 8.43. The number of aliphatic hydroxyl groups excluding tert-OH is 4. The first-order valence-corrected chi connectivity index (χ1v) is 7.19. The third-order valence-electron chi connectivity index (χ3n) is 3.73. The van der Waals surface area contributed by atoms with Gasteiger partial charge in [-0.2, -0.15) is 0 Å². The molecule has 1 aromatic rings. The number of methoxy groups -OCH3 is 1. The van der Waals surface area contributed by atoms with E-state index >= 15 is 0 Å². The first kappa shape index (κ1) is 17.8. The third-order valence-corrected chi connectivity index (χ3v) is 3.73. The quantitative estimate of drug-likeness (QED) is 0.433. The van der Waals surface area contributed by atoms with Crippen molar-refractivity contribution >= 4 is 5.91 Å². The van der Waals surface area contributed by atoms with Gasteiger partial charge in [0.25, 0.3) is 5.91 Å². The van der Waals surface area contributed by atoms with E-state index in [1.165, 1.54) is 7.11 Å². The monoisotopic (exact) mass is 327 g/mol. The van der Waals surface area contributed by atoms with Crippen molar-refractivity contribution < 1.29 is 34.7 Å². The molecule has 8 heteroatoms. The molecule has 0 unspecified atom stereocenters. The van der Waals surface area contributed by atoms with Crippen LogP contribution in [-0.4, -0.2) is 76.8 Å². The number of hydrogen-bond acceptors (Lipinski definition) is 7. The smallest absolute Gasteiger partial charge is 0.251 e. The minimum Gasteiger partial charge on any atom is -0.388 e. The summed E-state index contributed by atoms with van der Waals surface area (Å²) in [7, 11) is 1.26. The Kier molecular flexibility index (Phi) is 6.05. The van der Waals surface area contributed by atoms with E-state index in [0.717, 1.165) is 0 Å². The van der Waals surface area contributed by atoms with E-state index in [9.17, 15) is 25.2 Å². The van der Waals surface area contributed by atoms with Crippen molar-refractivity contribution in [1.29, 1.82) is 0 Å². The van der Waals surface area contributed by atoms with Gasteiger partial charge < -0.3 is 35.2 Å². The Bertz CT molecular complexity index is 510. The molecule has 0 spiro atoms. The highest BCUT2D eigenvalue weighted by Crippen LogP contribution is 2.23. The van der Waals surface area contributed by atoms with Crippen molar-refractivity contribution in [1.82, 2.24) is 5.32 Å². The fourth-order valence-electron chi connectivity index (χ4n) is 2.39. The lowest BCUT2D eigenvalue weighted by Gasteiger charge is -2.41. The number of ether oxygens (including phenoxy) is 2. The Morgan fingerprint density at radius 1 is 1.22 bits per heavy atom. The summed E-state index contributed by atoms with van der Waals surface area (Å²) < 4.78 is 10.1. The molecular weight excluding hydrogens is 306 g/mol. The van der Waals surface area contributed by atoms with Crippen molar-refractivity contribution in [3.63, 3.8) is 0 Å². The average molecular weight is 327 g/mol. The minimum absolute atomic E-state index is 0.200. The summed E-state index contributed by atoms with van der Waals surface area (Å²) >= 11 is 0. The molecule has 0 aliphatic carbocycles. The van der Waals surface area contributed by atoms with Crippen LogP contribution in [0.5, 0.6) is 0 Å². The molecule has 0 aromatic heterocycles. The van der Waals surface area contributed by atoms with E-state index in [-0.39, 0.29) is 12.5 Å². The largest absolute Gasteiger partial charge is 0.388 e. The molecule has 2 rings (SSSR count). The first-order valence-electron chi connectivity index (χ1n) is 7.19. The Morgan fingerprint density at radius 3 is 2.48 bits per heavy atom. The Labute approximate surface area is 133 Å². The molecule has 1 amide bonds. The topological polar surface area (TPSA) is 128 Å². The van der Waals surface area contributed by atoms with Gasteiger partial charge in [-0.1, -0.05) is 18.2 Å². The van der Waals surface area contributed by atoms with Gasteiger partial charge in [0, 0.05) is 19.2 Å². The van der Waals surface area contributed by atoms with Crippen molar-refractivity contribution in [2.75, 3.05) is 13.7 Å². The van der Waals surface area contributed by atoms with Crippen molar-refractivity contribution in [3.05, 3.63) is 35.9 Å². The highest BCUT2D eigenvalue weighted by molar-refractivity contribution is 5.94. The molecule has 5 N–H and O–H groups in total. The van der Waals surface area contributed by atoms with Crippen LogP contribution in [0.4, 0.5) is 0 Å². The molecule has 1 saturated heterocycles. The predicted octanol–water partition coefficient (Wildman–Crippen LogP) is -1.77. The number of hydrogen-bond donors (Lipinski definition) is 5. The molecule has 0 bridgehead atoms. The highest BCUT2D eigenvalue weighted by Gasteiger charge is 2.46. The number of amides is 1. The second-order valence-corrected chi connectivity index (χ2v) is 5.32. The van der Waals surface area contributed by atoms with Crippen LogP contribution in [0.15, 0.2) is 30.3 Å². The van der Waals surface area contributed by atoms with Crippen LogP contribution < -0.4 is 5.32 Å². The zero-order valence-corrected chi connectivity index (χ0v) is 12.6. The van der Waals surface area contributed by atoms with E-state index in [1.54, 1.807) is 30.3 Å². The third kappa shape index (κ3) is 4.05. The first-order chi connectivity index (χ1) is 11.0. The van der Waals surface area contributed by atoms with Gasteiger partial charge in [0.1, 0.15) is 30.5 Å². The van der Waals surface area contributed by atoms with Crippen molar-refractivity contribution in [2.45, 2.75) is 36.8 Å². The molecule has 0 saturated carbocycles. The molecule has 1 heterocycles. The van der Waals surface area contributed by atoms with E-state index in [2.05, 4.69) is 5.32 Å². The standard InChI is InChI=1S/C15H21NO7/c1-22-15-12(20)10(18)11(19)13(23-15)9(17)7-16-14(21)8-5-3-2-4-6-8/h2-6,9-13,15,17-20H,7H2,1H3,(H,16,21)/t9-,10+,11+,12+,13-,15+/m1/s1. The van der Waals surface area contributed by atoms with Gasteiger partial charge in [0.2, 0.25) is 0 Å². The SMILES string of the molecule is CO[C@H]1O[C@H]([C@H](O)CNC(=O)c2ccccc2)[C@@H](O)[C@H](O)[C@@H]1O. The molecule has 1 aliphatic rings. The van der Waals surface area contributed by atoms with Crippen LogP contribution >= 0.6 is 0 Å². The maximum atomic E-state index is 11.9. The van der Waals surface area contributed by atoms with Crippen LogP contribution in [-0.2, 0) is 9.47 Å². The summed E-state index contributed by atoms with van der Waals surface area (Å²) in [6.45, 7) is -0.200. The lowest BCUT2D eigenvalue weighted by Crippen LogP contribution is -2.62. The van der Waals surface area contributed by atoms with E-state index in [0.29, 0.717) is 5.56 Å². The van der Waals surface area contributed by atoms with Crippen molar-refractivity contribution in [3.8, 4) is 0 Å². The summed E-state index contributed by atoms with van der Waals surface area (Å²) in [6.07, 6.45) is -8.17. The van der Waals surface area contributed by atoms with Crippen molar-refractivity contribution in [2.24, 2.45) is 0 Å². The van der Waals surface area contributed by atoms with Gasteiger partial charge in [-0.25, -0.2) is 0 Å². The van der Waals surface area contributed by atoms with Crippen LogP contribution in [0.25, 0.3) is 0 Å². The van der Waals surface area contributed by atoms with Gasteiger partial charge in [0.15, 0.2) is 6.29 Å². The summed E-state index contributed by atoms with van der Waals surface area (Å²) in [4.78, 5) is 11.9. The zero-order chi connectivity index (χ0) is 17.0. The summed E-state index contributed by atoms with van der Waals surface area (Å²) in [5, 5.41) is 42.0. The molecule has 1 aromatic carbocycles. The number of carbonyl (C=O) groups excluding carboxylic acids is 1. The minimum atomic E-state index is -1.53. The van der Waals surface area contributed by atoms with E-state index < -0.39 is 36.8 Å². The molecule has 6 atom stereocenters. The summed E-state index contributed by atoms with van der Waals surface area (Å²) in [5.74, 6) is -0.390. The van der Waals surface area contributed by atoms with Gasteiger partial charge in [-0.05, 0) is 12.1 Å².